The van der Waals surface area contributed by atoms with Crippen molar-refractivity contribution in [3.05, 3.63) is 42.1 Å². The largest absolute Gasteiger partial charge is 0.497 e. The van der Waals surface area contributed by atoms with Crippen LogP contribution in [0, 0.1) is 6.92 Å². The molecule has 2 rings (SSSR count). The lowest BCUT2D eigenvalue weighted by Crippen LogP contribution is -2.03. The third kappa shape index (κ3) is 3.88. The highest BCUT2D eigenvalue weighted by Crippen LogP contribution is 2.25. The van der Waals surface area contributed by atoms with Crippen LogP contribution in [0.15, 0.2) is 36.4 Å². The second kappa shape index (κ2) is 6.97. The molecule has 0 unspecified atom stereocenters. The lowest BCUT2D eigenvalue weighted by atomic mass is 10.1. The molecule has 112 valence electrons. The summed E-state index contributed by atoms with van der Waals surface area (Å²) in [6.45, 7) is 2.91. The fourth-order valence-corrected chi connectivity index (χ4v) is 2.43. The van der Waals surface area contributed by atoms with E-state index in [1.54, 1.807) is 7.11 Å². The lowest BCUT2D eigenvalue weighted by molar-refractivity contribution is -0.137. The molecule has 0 saturated carbocycles. The topological polar surface area (TPSA) is 51.5 Å². The number of aryl methyl sites for hydroxylation is 1. The number of nitrogens with zero attached hydrogens (tertiary/aromatic N) is 1. The van der Waals surface area contributed by atoms with Crippen LogP contribution < -0.4 is 4.74 Å². The van der Waals surface area contributed by atoms with Gasteiger partial charge in [0.05, 0.1) is 7.11 Å². The zero-order valence-corrected chi connectivity index (χ0v) is 12.5. The van der Waals surface area contributed by atoms with Gasteiger partial charge in [-0.2, -0.15) is 0 Å². The standard InChI is InChI=1S/C17H21NO3/c1-13-6-11-16(14-7-9-15(21-2)10-8-14)18(13)12-4-3-5-17(19)20/h6-11H,3-5,12H2,1-2H3,(H,19,20). The summed E-state index contributed by atoms with van der Waals surface area (Å²) in [6.07, 6.45) is 1.80. The van der Waals surface area contributed by atoms with Gasteiger partial charge < -0.3 is 14.4 Å². The predicted octanol–water partition coefficient (Wildman–Crippen LogP) is 3.73. The number of aromatic nitrogens is 1. The van der Waals surface area contributed by atoms with Crippen molar-refractivity contribution < 1.29 is 14.6 Å². The minimum atomic E-state index is -0.727. The zero-order valence-electron chi connectivity index (χ0n) is 12.5. The summed E-state index contributed by atoms with van der Waals surface area (Å²) in [6, 6.07) is 12.2. The average molecular weight is 287 g/mol. The number of ether oxygens (including phenoxy) is 1. The Morgan fingerprint density at radius 2 is 1.86 bits per heavy atom. The smallest absolute Gasteiger partial charge is 0.303 e. The maximum Gasteiger partial charge on any atom is 0.303 e. The predicted molar refractivity (Wildman–Crippen MR) is 82.6 cm³/mol. The molecule has 1 heterocycles. The second-order valence-electron chi connectivity index (χ2n) is 5.09. The molecule has 0 radical (unpaired) electrons. The molecule has 0 aliphatic carbocycles. The zero-order chi connectivity index (χ0) is 15.2. The lowest BCUT2D eigenvalue weighted by Gasteiger charge is -2.12. The number of methoxy groups -OCH3 is 1. The fourth-order valence-electron chi connectivity index (χ4n) is 2.43. The van der Waals surface area contributed by atoms with Crippen LogP contribution in [-0.2, 0) is 11.3 Å². The summed E-state index contributed by atoms with van der Waals surface area (Å²) < 4.78 is 7.42. The third-order valence-electron chi connectivity index (χ3n) is 3.61. The monoisotopic (exact) mass is 287 g/mol. The van der Waals surface area contributed by atoms with Crippen LogP contribution in [0.3, 0.4) is 0 Å². The Bertz CT molecular complexity index is 599. The van der Waals surface area contributed by atoms with Gasteiger partial charge in [-0.25, -0.2) is 0 Å². The maximum absolute atomic E-state index is 10.6. The third-order valence-corrected chi connectivity index (χ3v) is 3.61. The van der Waals surface area contributed by atoms with Gasteiger partial charge in [0.1, 0.15) is 5.75 Å². The highest BCUT2D eigenvalue weighted by Gasteiger charge is 2.08. The normalized spacial score (nSPS) is 10.6. The number of rotatable bonds is 7. The molecule has 0 saturated heterocycles. The van der Waals surface area contributed by atoms with Crippen LogP contribution in [0.1, 0.15) is 25.0 Å². The first-order chi connectivity index (χ1) is 10.1. The van der Waals surface area contributed by atoms with E-state index in [0.717, 1.165) is 30.0 Å². The highest BCUT2D eigenvalue weighted by atomic mass is 16.5. The molecule has 1 aromatic carbocycles. The van der Waals surface area contributed by atoms with E-state index in [1.807, 2.05) is 24.3 Å². The van der Waals surface area contributed by atoms with Crippen molar-refractivity contribution in [1.29, 1.82) is 0 Å². The number of hydrogen-bond acceptors (Lipinski definition) is 2. The SMILES string of the molecule is COc1ccc(-c2ccc(C)n2CCCCC(=O)O)cc1. The molecule has 4 heteroatoms. The molecular formula is C17H21NO3. The summed E-state index contributed by atoms with van der Waals surface area (Å²) in [5.74, 6) is 0.115. The van der Waals surface area contributed by atoms with Gasteiger partial charge >= 0.3 is 5.97 Å². The Labute approximate surface area is 125 Å². The van der Waals surface area contributed by atoms with Gasteiger partial charge in [-0.15, -0.1) is 0 Å². The number of hydrogen-bond donors (Lipinski definition) is 1. The van der Waals surface area contributed by atoms with Crippen molar-refractivity contribution >= 4 is 5.97 Å². The second-order valence-corrected chi connectivity index (χ2v) is 5.09. The van der Waals surface area contributed by atoms with Crippen LogP contribution >= 0.6 is 0 Å². The van der Waals surface area contributed by atoms with Crippen molar-refractivity contribution in [3.8, 4) is 17.0 Å². The molecule has 0 aliphatic heterocycles. The van der Waals surface area contributed by atoms with E-state index >= 15 is 0 Å². The van der Waals surface area contributed by atoms with Gasteiger partial charge in [-0.3, -0.25) is 4.79 Å². The van der Waals surface area contributed by atoms with Crippen LogP contribution in [0.25, 0.3) is 11.3 Å². The van der Waals surface area contributed by atoms with Crippen LogP contribution in [0.4, 0.5) is 0 Å². The first kappa shape index (κ1) is 15.2. The average Bonchev–Trinajstić information content (AvgIpc) is 2.85. The molecule has 0 amide bonds. The van der Waals surface area contributed by atoms with Crippen LogP contribution in [0.5, 0.6) is 5.75 Å². The number of carbonyl (C=O) groups is 1. The number of carboxylic acid groups (broad SMARTS) is 1. The van der Waals surface area contributed by atoms with Gasteiger partial charge in [0, 0.05) is 24.4 Å². The Morgan fingerprint density at radius 1 is 1.14 bits per heavy atom. The van der Waals surface area contributed by atoms with E-state index < -0.39 is 5.97 Å². The van der Waals surface area contributed by atoms with E-state index in [1.165, 1.54) is 5.69 Å². The quantitative estimate of drug-likeness (QED) is 0.789. The molecule has 21 heavy (non-hydrogen) atoms. The number of benzene rings is 1. The molecule has 0 fully saturated rings. The highest BCUT2D eigenvalue weighted by molar-refractivity contribution is 5.66. The van der Waals surface area contributed by atoms with E-state index in [9.17, 15) is 4.79 Å². The first-order valence-electron chi connectivity index (χ1n) is 7.14. The Kier molecular flexibility index (Phi) is 5.04. The van der Waals surface area contributed by atoms with Crippen LogP contribution in [-0.4, -0.2) is 22.8 Å². The summed E-state index contributed by atoms with van der Waals surface area (Å²) in [5.41, 5.74) is 3.49. The van der Waals surface area contributed by atoms with Gasteiger partial charge in [0.2, 0.25) is 0 Å². The van der Waals surface area contributed by atoms with Crippen molar-refractivity contribution in [3.63, 3.8) is 0 Å². The van der Waals surface area contributed by atoms with Gasteiger partial charge in [-0.1, -0.05) is 0 Å². The molecule has 0 atom stereocenters. The maximum atomic E-state index is 10.6. The van der Waals surface area contributed by atoms with E-state index in [4.69, 9.17) is 9.84 Å². The Hall–Kier alpha value is -2.23. The molecule has 0 aliphatic rings. The van der Waals surface area contributed by atoms with Crippen molar-refractivity contribution in [1.82, 2.24) is 4.57 Å². The Balaban J connectivity index is 2.11. The fraction of sp³-hybridized carbons (Fsp3) is 0.353. The molecule has 0 spiro atoms. The van der Waals surface area contributed by atoms with Gasteiger partial charge in [0.25, 0.3) is 0 Å². The van der Waals surface area contributed by atoms with E-state index in [-0.39, 0.29) is 6.42 Å². The number of carboxylic acids is 1. The minimum absolute atomic E-state index is 0.234. The van der Waals surface area contributed by atoms with E-state index in [2.05, 4.69) is 23.6 Å². The molecule has 4 nitrogen and oxygen atoms in total. The van der Waals surface area contributed by atoms with Crippen molar-refractivity contribution in [2.75, 3.05) is 7.11 Å². The van der Waals surface area contributed by atoms with E-state index in [0.29, 0.717) is 6.42 Å². The van der Waals surface area contributed by atoms with Crippen molar-refractivity contribution in [2.24, 2.45) is 0 Å². The summed E-state index contributed by atoms with van der Waals surface area (Å²) in [4.78, 5) is 10.6. The summed E-state index contributed by atoms with van der Waals surface area (Å²) >= 11 is 0. The number of aliphatic carboxylic acids is 1. The Morgan fingerprint density at radius 3 is 2.48 bits per heavy atom. The van der Waals surface area contributed by atoms with Gasteiger partial charge in [-0.05, 0) is 61.7 Å². The molecule has 0 bridgehead atoms. The molecular weight excluding hydrogens is 266 g/mol. The minimum Gasteiger partial charge on any atom is -0.497 e. The molecule has 1 aromatic heterocycles. The molecule has 2 aromatic rings. The number of unbranched alkanes of at least 4 members (excludes halogenated alkanes) is 1. The van der Waals surface area contributed by atoms with Crippen molar-refractivity contribution in [2.45, 2.75) is 32.7 Å². The van der Waals surface area contributed by atoms with Crippen LogP contribution in [0.2, 0.25) is 0 Å². The summed E-state index contributed by atoms with van der Waals surface area (Å²) in [5, 5.41) is 8.69. The van der Waals surface area contributed by atoms with Gasteiger partial charge in [0.15, 0.2) is 0 Å². The first-order valence-corrected chi connectivity index (χ1v) is 7.14. The molecule has 1 N–H and O–H groups in total. The summed E-state index contributed by atoms with van der Waals surface area (Å²) in [7, 11) is 1.66.